The molecule has 0 bridgehead atoms. The van der Waals surface area contributed by atoms with Crippen molar-refractivity contribution in [2.75, 3.05) is 112 Å². The van der Waals surface area contributed by atoms with Crippen molar-refractivity contribution in [3.05, 3.63) is 0 Å². The molecule has 0 atom stereocenters. The molecule has 0 saturated carbocycles. The Morgan fingerprint density at radius 3 is 1.14 bits per heavy atom. The third-order valence-corrected chi connectivity index (χ3v) is 4.20. The lowest BCUT2D eigenvalue weighted by Crippen LogP contribution is -2.37. The summed E-state index contributed by atoms with van der Waals surface area (Å²) >= 11 is 0. The minimum Gasteiger partial charge on any atom is -0.377 e. The van der Waals surface area contributed by atoms with Crippen molar-refractivity contribution in [2.24, 2.45) is 0 Å². The molecule has 0 heterocycles. The minimum atomic E-state index is -0.160. The highest BCUT2D eigenvalue weighted by Crippen LogP contribution is 1.86. The van der Waals surface area contributed by atoms with Gasteiger partial charge in [-0.05, 0) is 6.42 Å². The van der Waals surface area contributed by atoms with Crippen molar-refractivity contribution >= 4 is 11.9 Å². The van der Waals surface area contributed by atoms with Crippen LogP contribution < -0.4 is 16.0 Å². The standard InChI is InChI=1S/C23H47N3O9/c1-3-4-5-25-23(28)26-7-9-30-11-13-32-15-17-34-19-21-35-20-18-33-16-14-31-12-10-29-8-6-24-22(2)27/h3-21H2,1-2H3,(H,24,27)(H2,25,26,28). The van der Waals surface area contributed by atoms with Gasteiger partial charge in [0, 0.05) is 26.6 Å². The molecule has 3 N–H and O–H groups in total. The molecule has 35 heavy (non-hydrogen) atoms. The van der Waals surface area contributed by atoms with Gasteiger partial charge in [-0.25, -0.2) is 4.79 Å². The van der Waals surface area contributed by atoms with Gasteiger partial charge < -0.3 is 49.1 Å². The fourth-order valence-electron chi connectivity index (χ4n) is 2.40. The fourth-order valence-corrected chi connectivity index (χ4v) is 2.40. The van der Waals surface area contributed by atoms with Gasteiger partial charge in [0.25, 0.3) is 0 Å². The molecule has 0 radical (unpaired) electrons. The van der Waals surface area contributed by atoms with Crippen LogP contribution in [-0.4, -0.2) is 124 Å². The molecule has 0 unspecified atom stereocenters. The number of hydrogen-bond acceptors (Lipinski definition) is 9. The number of urea groups is 1. The number of unbranched alkanes of at least 4 members (excludes halogenated alkanes) is 1. The van der Waals surface area contributed by atoms with Crippen LogP contribution in [0.4, 0.5) is 4.79 Å². The summed E-state index contributed by atoms with van der Waals surface area (Å²) in [6, 6.07) is -0.160. The van der Waals surface area contributed by atoms with E-state index in [9.17, 15) is 9.59 Å². The SMILES string of the molecule is CCCCNC(=O)NCCOCCOCCOCCOCCOCCOCCOCCNC(C)=O. The van der Waals surface area contributed by atoms with Crippen LogP contribution in [0, 0.1) is 0 Å². The fraction of sp³-hybridized carbons (Fsp3) is 0.913. The zero-order chi connectivity index (χ0) is 25.7. The molecule has 208 valence electrons. The summed E-state index contributed by atoms with van der Waals surface area (Å²) in [5.41, 5.74) is 0. The third-order valence-electron chi connectivity index (χ3n) is 4.20. The van der Waals surface area contributed by atoms with Crippen LogP contribution in [0.1, 0.15) is 26.7 Å². The van der Waals surface area contributed by atoms with Crippen LogP contribution >= 0.6 is 0 Å². The van der Waals surface area contributed by atoms with Gasteiger partial charge in [-0.3, -0.25) is 4.79 Å². The van der Waals surface area contributed by atoms with Crippen molar-refractivity contribution in [3.8, 4) is 0 Å². The summed E-state index contributed by atoms with van der Waals surface area (Å²) in [6.45, 7) is 12.1. The molecule has 0 spiro atoms. The lowest BCUT2D eigenvalue weighted by molar-refractivity contribution is -0.119. The van der Waals surface area contributed by atoms with Crippen molar-refractivity contribution in [1.82, 2.24) is 16.0 Å². The van der Waals surface area contributed by atoms with Gasteiger partial charge in [0.1, 0.15) is 0 Å². The smallest absolute Gasteiger partial charge is 0.314 e. The van der Waals surface area contributed by atoms with Gasteiger partial charge in [-0.15, -0.1) is 0 Å². The Bertz CT molecular complexity index is 474. The van der Waals surface area contributed by atoms with Gasteiger partial charge >= 0.3 is 6.03 Å². The van der Waals surface area contributed by atoms with E-state index in [0.29, 0.717) is 112 Å². The monoisotopic (exact) mass is 509 g/mol. The number of nitrogens with one attached hydrogen (secondary N) is 3. The summed E-state index contributed by atoms with van der Waals surface area (Å²) in [7, 11) is 0. The predicted octanol–water partition coefficient (Wildman–Crippen LogP) is 0.338. The van der Waals surface area contributed by atoms with E-state index in [1.807, 2.05) is 0 Å². The first-order valence-corrected chi connectivity index (χ1v) is 12.5. The van der Waals surface area contributed by atoms with Crippen LogP contribution in [0.2, 0.25) is 0 Å². The Morgan fingerprint density at radius 1 is 0.486 bits per heavy atom. The second kappa shape index (κ2) is 28.7. The van der Waals surface area contributed by atoms with E-state index in [-0.39, 0.29) is 11.9 Å². The molecule has 0 aromatic rings. The molecule has 12 heteroatoms. The average Bonchev–Trinajstić information content (AvgIpc) is 2.84. The first-order chi connectivity index (χ1) is 17.2. The Labute approximate surface area is 210 Å². The van der Waals surface area contributed by atoms with Crippen LogP contribution in [-0.2, 0) is 38.0 Å². The zero-order valence-corrected chi connectivity index (χ0v) is 21.6. The Kier molecular flexibility index (Phi) is 27.4. The van der Waals surface area contributed by atoms with E-state index in [2.05, 4.69) is 22.9 Å². The second-order valence-corrected chi connectivity index (χ2v) is 7.31. The molecular weight excluding hydrogens is 462 g/mol. The number of carbonyl (C=O) groups excluding carboxylic acids is 2. The average molecular weight is 510 g/mol. The van der Waals surface area contributed by atoms with Gasteiger partial charge in [0.05, 0.1) is 92.5 Å². The van der Waals surface area contributed by atoms with E-state index in [0.717, 1.165) is 12.8 Å². The molecule has 0 rings (SSSR count). The van der Waals surface area contributed by atoms with E-state index < -0.39 is 0 Å². The summed E-state index contributed by atoms with van der Waals surface area (Å²) in [6.07, 6.45) is 2.03. The molecule has 0 aromatic heterocycles. The topological polar surface area (TPSA) is 135 Å². The van der Waals surface area contributed by atoms with E-state index in [1.165, 1.54) is 6.92 Å². The van der Waals surface area contributed by atoms with E-state index in [1.54, 1.807) is 0 Å². The Balaban J connectivity index is 3.07. The normalized spacial score (nSPS) is 10.9. The van der Waals surface area contributed by atoms with Crippen molar-refractivity contribution in [1.29, 1.82) is 0 Å². The molecule has 0 aromatic carbocycles. The highest BCUT2D eigenvalue weighted by Gasteiger charge is 1.98. The van der Waals surface area contributed by atoms with Crippen LogP contribution in [0.3, 0.4) is 0 Å². The second-order valence-electron chi connectivity index (χ2n) is 7.31. The van der Waals surface area contributed by atoms with Crippen molar-refractivity contribution < 1.29 is 42.7 Å². The number of ether oxygens (including phenoxy) is 7. The summed E-state index contributed by atoms with van der Waals surface area (Å²) in [4.78, 5) is 22.1. The number of amides is 3. The molecule has 0 fully saturated rings. The highest BCUT2D eigenvalue weighted by molar-refractivity contribution is 5.73. The van der Waals surface area contributed by atoms with Gasteiger partial charge in [0.2, 0.25) is 5.91 Å². The van der Waals surface area contributed by atoms with Gasteiger partial charge in [0.15, 0.2) is 0 Å². The van der Waals surface area contributed by atoms with Crippen LogP contribution in [0.5, 0.6) is 0 Å². The van der Waals surface area contributed by atoms with E-state index >= 15 is 0 Å². The lowest BCUT2D eigenvalue weighted by atomic mass is 10.3. The summed E-state index contributed by atoms with van der Waals surface area (Å²) < 4.78 is 37.7. The Hall–Kier alpha value is -1.54. The molecule has 3 amide bonds. The maximum atomic E-state index is 11.4. The molecule has 12 nitrogen and oxygen atoms in total. The number of carbonyl (C=O) groups is 2. The lowest BCUT2D eigenvalue weighted by Gasteiger charge is -2.09. The van der Waals surface area contributed by atoms with Crippen molar-refractivity contribution in [2.45, 2.75) is 26.7 Å². The van der Waals surface area contributed by atoms with Crippen LogP contribution in [0.15, 0.2) is 0 Å². The van der Waals surface area contributed by atoms with Crippen LogP contribution in [0.25, 0.3) is 0 Å². The highest BCUT2D eigenvalue weighted by atomic mass is 16.6. The maximum absolute atomic E-state index is 11.4. The van der Waals surface area contributed by atoms with Gasteiger partial charge in [-0.2, -0.15) is 0 Å². The molecule has 0 aliphatic rings. The maximum Gasteiger partial charge on any atom is 0.314 e. The quantitative estimate of drug-likeness (QED) is 0.134. The summed E-state index contributed by atoms with van der Waals surface area (Å²) in [5, 5.41) is 8.16. The largest absolute Gasteiger partial charge is 0.377 e. The Morgan fingerprint density at radius 2 is 0.800 bits per heavy atom. The van der Waals surface area contributed by atoms with Crippen molar-refractivity contribution in [3.63, 3.8) is 0 Å². The zero-order valence-electron chi connectivity index (χ0n) is 21.6. The minimum absolute atomic E-state index is 0.0616. The molecular formula is C23H47N3O9. The number of rotatable bonds is 27. The predicted molar refractivity (Wildman–Crippen MR) is 131 cm³/mol. The molecule has 0 aliphatic carbocycles. The third kappa shape index (κ3) is 30.4. The van der Waals surface area contributed by atoms with Gasteiger partial charge in [-0.1, -0.05) is 13.3 Å². The molecule has 0 aliphatic heterocycles. The number of hydrogen-bond donors (Lipinski definition) is 3. The first-order valence-electron chi connectivity index (χ1n) is 12.5. The first kappa shape index (κ1) is 33.5. The molecule has 0 saturated heterocycles. The summed E-state index contributed by atoms with van der Waals surface area (Å²) in [5.74, 6) is -0.0616. The van der Waals surface area contributed by atoms with E-state index in [4.69, 9.17) is 33.2 Å².